The Morgan fingerprint density at radius 1 is 1.13 bits per heavy atom. The smallest absolute Gasteiger partial charge is 0.288 e. The minimum atomic E-state index is -2.14. The summed E-state index contributed by atoms with van der Waals surface area (Å²) < 4.78 is 11.2. The molecule has 7 heteroatoms. The molecule has 0 bridgehead atoms. The van der Waals surface area contributed by atoms with E-state index in [2.05, 4.69) is 5.32 Å². The zero-order valence-electron chi connectivity index (χ0n) is 16.4. The fraction of sp³-hybridized carbons (Fsp3) is 0.217. The van der Waals surface area contributed by atoms with E-state index in [0.717, 1.165) is 5.56 Å². The standard InChI is InChI=1S/C23H20N2O5/c1-12(2)13-8-9-14-18(11-13)30-23(28)15-5-3-6-16(24)19(15)20(26)22(14,23)25-21(27)17-7-4-10-29-17/h3-12,28H,24H2,1-2H3,(H,25,27). The fourth-order valence-electron chi connectivity index (χ4n) is 4.39. The molecule has 4 N–H and O–H groups in total. The van der Waals surface area contributed by atoms with Crippen LogP contribution in [0.3, 0.4) is 0 Å². The Labute approximate surface area is 172 Å². The number of nitrogens with two attached hydrogens (primary N) is 1. The van der Waals surface area contributed by atoms with E-state index < -0.39 is 23.0 Å². The summed E-state index contributed by atoms with van der Waals surface area (Å²) in [5.41, 5.74) is 6.09. The first-order valence-electron chi connectivity index (χ1n) is 9.65. The van der Waals surface area contributed by atoms with Gasteiger partial charge in [-0.3, -0.25) is 9.59 Å². The Hall–Kier alpha value is -3.58. The summed E-state index contributed by atoms with van der Waals surface area (Å²) in [5, 5.41) is 14.5. The second-order valence-corrected chi connectivity index (χ2v) is 7.94. The highest BCUT2D eigenvalue weighted by atomic mass is 16.6. The second-order valence-electron chi connectivity index (χ2n) is 7.94. The van der Waals surface area contributed by atoms with E-state index in [1.165, 1.54) is 12.3 Å². The Kier molecular flexibility index (Phi) is 3.67. The van der Waals surface area contributed by atoms with Crippen LogP contribution in [-0.4, -0.2) is 16.8 Å². The van der Waals surface area contributed by atoms with Crippen molar-refractivity contribution in [3.63, 3.8) is 0 Å². The number of ketones is 1. The van der Waals surface area contributed by atoms with Crippen LogP contribution in [0.2, 0.25) is 0 Å². The zero-order valence-corrected chi connectivity index (χ0v) is 16.4. The van der Waals surface area contributed by atoms with Gasteiger partial charge in [0.15, 0.2) is 5.76 Å². The van der Waals surface area contributed by atoms with Crippen LogP contribution in [0.5, 0.6) is 5.75 Å². The summed E-state index contributed by atoms with van der Waals surface area (Å²) in [7, 11) is 0. The van der Waals surface area contributed by atoms with Crippen molar-refractivity contribution in [1.82, 2.24) is 5.32 Å². The van der Waals surface area contributed by atoms with Crippen LogP contribution in [0.15, 0.2) is 59.2 Å². The number of aliphatic hydroxyl groups is 1. The first-order chi connectivity index (χ1) is 14.3. The Morgan fingerprint density at radius 2 is 1.93 bits per heavy atom. The summed E-state index contributed by atoms with van der Waals surface area (Å²) in [5.74, 6) is -2.77. The molecule has 2 unspecified atom stereocenters. The molecule has 2 atom stereocenters. The third-order valence-electron chi connectivity index (χ3n) is 5.92. The number of hydrogen-bond acceptors (Lipinski definition) is 6. The Bertz CT molecular complexity index is 1200. The van der Waals surface area contributed by atoms with Crippen LogP contribution < -0.4 is 15.8 Å². The third kappa shape index (κ3) is 2.12. The van der Waals surface area contributed by atoms with Gasteiger partial charge in [-0.1, -0.05) is 38.1 Å². The lowest BCUT2D eigenvalue weighted by atomic mass is 9.82. The van der Waals surface area contributed by atoms with Crippen molar-refractivity contribution in [3.05, 3.63) is 82.8 Å². The Morgan fingerprint density at radius 3 is 2.63 bits per heavy atom. The number of benzene rings is 2. The lowest BCUT2D eigenvalue weighted by Crippen LogP contribution is -2.60. The highest BCUT2D eigenvalue weighted by Crippen LogP contribution is 2.59. The maximum absolute atomic E-state index is 13.7. The van der Waals surface area contributed by atoms with Crippen LogP contribution in [-0.2, 0) is 11.3 Å². The SMILES string of the molecule is CC(C)c1ccc2c(c1)OC1(O)c3cccc(N)c3C(=O)C21NC(=O)c1ccco1. The van der Waals surface area contributed by atoms with Crippen molar-refractivity contribution in [1.29, 1.82) is 0 Å². The van der Waals surface area contributed by atoms with Gasteiger partial charge in [0.1, 0.15) is 5.75 Å². The third-order valence-corrected chi connectivity index (χ3v) is 5.92. The molecule has 7 nitrogen and oxygen atoms in total. The molecule has 3 aromatic rings. The first kappa shape index (κ1) is 18.4. The van der Waals surface area contributed by atoms with Gasteiger partial charge in [-0.2, -0.15) is 0 Å². The molecule has 0 fully saturated rings. The van der Waals surface area contributed by atoms with Gasteiger partial charge in [0.25, 0.3) is 11.7 Å². The van der Waals surface area contributed by atoms with E-state index in [-0.39, 0.29) is 28.5 Å². The van der Waals surface area contributed by atoms with Crippen molar-refractivity contribution in [2.24, 2.45) is 0 Å². The van der Waals surface area contributed by atoms with Gasteiger partial charge in [-0.25, -0.2) is 0 Å². The average molecular weight is 404 g/mol. The summed E-state index contributed by atoms with van der Waals surface area (Å²) >= 11 is 0. The van der Waals surface area contributed by atoms with Crippen molar-refractivity contribution in [3.8, 4) is 5.75 Å². The molecule has 2 heterocycles. The first-order valence-corrected chi connectivity index (χ1v) is 9.65. The summed E-state index contributed by atoms with van der Waals surface area (Å²) in [6, 6.07) is 13.2. The summed E-state index contributed by atoms with van der Waals surface area (Å²) in [4.78, 5) is 26.7. The van der Waals surface area contributed by atoms with Gasteiger partial charge in [0, 0.05) is 16.8 Å². The number of furan rings is 1. The highest BCUT2D eigenvalue weighted by molar-refractivity contribution is 6.15. The maximum atomic E-state index is 13.7. The number of rotatable bonds is 3. The fourth-order valence-corrected chi connectivity index (χ4v) is 4.39. The van der Waals surface area contributed by atoms with Crippen molar-refractivity contribution in [2.45, 2.75) is 31.1 Å². The van der Waals surface area contributed by atoms with Gasteiger partial charge in [-0.15, -0.1) is 0 Å². The molecule has 5 rings (SSSR count). The average Bonchev–Trinajstić information content (AvgIpc) is 3.37. The zero-order chi connectivity index (χ0) is 21.3. The molecular formula is C23H20N2O5. The molecule has 1 aliphatic carbocycles. The lowest BCUT2D eigenvalue weighted by molar-refractivity contribution is -0.169. The molecule has 1 aliphatic heterocycles. The van der Waals surface area contributed by atoms with Gasteiger partial charge in [0.05, 0.1) is 11.8 Å². The minimum Gasteiger partial charge on any atom is -0.459 e. The number of nitrogen functional groups attached to an aromatic ring is 1. The lowest BCUT2D eigenvalue weighted by Gasteiger charge is -2.34. The number of nitrogens with one attached hydrogen (secondary N) is 1. The molecule has 0 spiro atoms. The quantitative estimate of drug-likeness (QED) is 0.578. The van der Waals surface area contributed by atoms with E-state index in [1.807, 2.05) is 19.9 Å². The Balaban J connectivity index is 1.76. The predicted octanol–water partition coefficient (Wildman–Crippen LogP) is 3.04. The number of amides is 1. The number of carbonyl (C=O) groups excluding carboxylic acids is 2. The molecule has 2 aromatic carbocycles. The second kappa shape index (κ2) is 5.96. The number of Topliss-reactive ketones (excluding diaryl/α,β-unsaturated/α-hetero) is 1. The number of ether oxygens (including phenoxy) is 1. The van der Waals surface area contributed by atoms with Gasteiger partial charge < -0.3 is 25.3 Å². The largest absolute Gasteiger partial charge is 0.459 e. The molecule has 152 valence electrons. The molecule has 0 saturated carbocycles. The predicted molar refractivity (Wildman–Crippen MR) is 108 cm³/mol. The topological polar surface area (TPSA) is 115 Å². The van der Waals surface area contributed by atoms with Gasteiger partial charge in [-0.05, 0) is 35.7 Å². The maximum Gasteiger partial charge on any atom is 0.288 e. The van der Waals surface area contributed by atoms with E-state index in [1.54, 1.807) is 36.4 Å². The normalized spacial score (nSPS) is 23.7. The summed E-state index contributed by atoms with van der Waals surface area (Å²) in [6.07, 6.45) is 1.36. The van der Waals surface area contributed by atoms with Crippen molar-refractivity contribution in [2.75, 3.05) is 5.73 Å². The van der Waals surface area contributed by atoms with E-state index in [4.69, 9.17) is 14.9 Å². The van der Waals surface area contributed by atoms with E-state index in [0.29, 0.717) is 11.3 Å². The minimum absolute atomic E-state index is 0.00991. The van der Waals surface area contributed by atoms with Crippen LogP contribution in [0.4, 0.5) is 5.69 Å². The van der Waals surface area contributed by atoms with Crippen molar-refractivity contribution < 1.29 is 23.8 Å². The number of carbonyl (C=O) groups is 2. The van der Waals surface area contributed by atoms with Crippen molar-refractivity contribution >= 4 is 17.4 Å². The number of anilines is 1. The molecule has 0 saturated heterocycles. The number of hydrogen-bond donors (Lipinski definition) is 3. The molecule has 1 amide bonds. The summed E-state index contributed by atoms with van der Waals surface area (Å²) in [6.45, 7) is 4.06. The monoisotopic (exact) mass is 404 g/mol. The molecule has 1 aromatic heterocycles. The molecular weight excluding hydrogens is 384 g/mol. The van der Waals surface area contributed by atoms with E-state index >= 15 is 0 Å². The highest BCUT2D eigenvalue weighted by Gasteiger charge is 2.72. The van der Waals surface area contributed by atoms with Crippen LogP contribution >= 0.6 is 0 Å². The van der Waals surface area contributed by atoms with Crippen LogP contribution in [0, 0.1) is 0 Å². The van der Waals surface area contributed by atoms with Crippen LogP contribution in [0.1, 0.15) is 57.4 Å². The van der Waals surface area contributed by atoms with Crippen LogP contribution in [0.25, 0.3) is 0 Å². The van der Waals surface area contributed by atoms with Gasteiger partial charge >= 0.3 is 0 Å². The molecule has 0 radical (unpaired) electrons. The molecule has 2 aliphatic rings. The van der Waals surface area contributed by atoms with Gasteiger partial charge in [0.2, 0.25) is 11.3 Å². The number of fused-ring (bicyclic) bond motifs is 5. The molecule has 30 heavy (non-hydrogen) atoms. The van der Waals surface area contributed by atoms with E-state index in [9.17, 15) is 14.7 Å².